The molecule has 0 spiro atoms. The van der Waals surface area contributed by atoms with Crippen molar-refractivity contribution in [3.63, 3.8) is 0 Å². The van der Waals surface area contributed by atoms with Crippen molar-refractivity contribution < 1.29 is 4.79 Å². The van der Waals surface area contributed by atoms with Gasteiger partial charge in [-0.25, -0.2) is 0 Å². The van der Waals surface area contributed by atoms with Gasteiger partial charge in [0.25, 0.3) is 5.91 Å². The largest absolute Gasteiger partial charge is 0.398 e. The number of anilines is 1. The number of thiophene rings is 1. The van der Waals surface area contributed by atoms with E-state index in [1.807, 2.05) is 17.5 Å². The van der Waals surface area contributed by atoms with Crippen molar-refractivity contribution in [1.82, 2.24) is 4.90 Å². The second-order valence-electron chi connectivity index (χ2n) is 3.98. The molecule has 5 heteroatoms. The Balaban J connectivity index is 2.12. The van der Waals surface area contributed by atoms with Crippen LogP contribution in [0.25, 0.3) is 0 Å². The van der Waals surface area contributed by atoms with Gasteiger partial charge in [0.05, 0.1) is 17.3 Å². The predicted octanol–water partition coefficient (Wildman–Crippen LogP) is 3.26. The first-order valence-corrected chi connectivity index (χ1v) is 6.66. The molecule has 2 rings (SSSR count). The zero-order valence-electron chi connectivity index (χ0n) is 9.89. The Labute approximate surface area is 115 Å². The van der Waals surface area contributed by atoms with Crippen LogP contribution in [0.5, 0.6) is 0 Å². The first-order chi connectivity index (χ1) is 8.58. The second-order valence-corrected chi connectivity index (χ2v) is 5.42. The fourth-order valence-electron chi connectivity index (χ4n) is 1.59. The fourth-order valence-corrected chi connectivity index (χ4v) is 2.53. The van der Waals surface area contributed by atoms with Crippen molar-refractivity contribution in [2.75, 3.05) is 12.8 Å². The molecule has 3 nitrogen and oxygen atoms in total. The van der Waals surface area contributed by atoms with Crippen LogP contribution >= 0.6 is 22.9 Å². The quantitative estimate of drug-likeness (QED) is 0.877. The maximum atomic E-state index is 12.2. The highest BCUT2D eigenvalue weighted by Gasteiger charge is 2.13. The van der Waals surface area contributed by atoms with Crippen LogP contribution in [-0.4, -0.2) is 17.9 Å². The average molecular weight is 281 g/mol. The minimum absolute atomic E-state index is 0.0645. The molecule has 1 amide bonds. The molecule has 94 valence electrons. The lowest BCUT2D eigenvalue weighted by molar-refractivity contribution is 0.0786. The van der Waals surface area contributed by atoms with Crippen molar-refractivity contribution in [1.29, 1.82) is 0 Å². The van der Waals surface area contributed by atoms with Crippen molar-refractivity contribution in [2.24, 2.45) is 0 Å². The molecule has 0 aliphatic rings. The Morgan fingerprint density at radius 3 is 2.83 bits per heavy atom. The van der Waals surface area contributed by atoms with Crippen molar-refractivity contribution in [3.05, 3.63) is 51.2 Å². The van der Waals surface area contributed by atoms with Crippen molar-refractivity contribution in [3.8, 4) is 0 Å². The normalized spacial score (nSPS) is 10.3. The highest BCUT2D eigenvalue weighted by Crippen LogP contribution is 2.21. The molecule has 0 radical (unpaired) electrons. The summed E-state index contributed by atoms with van der Waals surface area (Å²) >= 11 is 7.54. The molecule has 0 fully saturated rings. The molecular formula is C13H13ClN2OS. The fraction of sp³-hybridized carbons (Fsp3) is 0.154. The third-order valence-corrected chi connectivity index (χ3v) is 3.76. The Bertz CT molecular complexity index is 554. The molecule has 0 atom stereocenters. The van der Waals surface area contributed by atoms with Crippen LogP contribution in [-0.2, 0) is 6.54 Å². The van der Waals surface area contributed by atoms with Gasteiger partial charge in [0.2, 0.25) is 0 Å². The van der Waals surface area contributed by atoms with Gasteiger partial charge < -0.3 is 10.6 Å². The third kappa shape index (κ3) is 2.83. The van der Waals surface area contributed by atoms with Gasteiger partial charge in [0, 0.05) is 17.5 Å². The molecule has 2 N–H and O–H groups in total. The number of benzene rings is 1. The molecule has 1 aromatic heterocycles. The topological polar surface area (TPSA) is 46.3 Å². The second kappa shape index (κ2) is 5.42. The Morgan fingerprint density at radius 1 is 1.44 bits per heavy atom. The average Bonchev–Trinajstić information content (AvgIpc) is 2.84. The number of nitrogens with zero attached hydrogens (tertiary/aromatic N) is 1. The Kier molecular flexibility index (Phi) is 3.89. The first kappa shape index (κ1) is 12.9. The smallest absolute Gasteiger partial charge is 0.253 e. The zero-order chi connectivity index (χ0) is 13.1. The number of carbonyl (C=O) groups is 1. The number of hydrogen-bond acceptors (Lipinski definition) is 3. The van der Waals surface area contributed by atoms with E-state index in [1.54, 1.807) is 41.5 Å². The zero-order valence-corrected chi connectivity index (χ0v) is 11.5. The monoisotopic (exact) mass is 280 g/mol. The van der Waals surface area contributed by atoms with Crippen LogP contribution in [0.15, 0.2) is 35.7 Å². The maximum absolute atomic E-state index is 12.2. The molecule has 0 aliphatic carbocycles. The minimum atomic E-state index is -0.0645. The summed E-state index contributed by atoms with van der Waals surface area (Å²) < 4.78 is 0. The SMILES string of the molecule is CN(Cc1cccs1)C(=O)c1ccc(N)c(Cl)c1. The molecule has 0 unspecified atom stereocenters. The summed E-state index contributed by atoms with van der Waals surface area (Å²) in [5, 5.41) is 2.40. The lowest BCUT2D eigenvalue weighted by Gasteiger charge is -2.16. The molecule has 0 aliphatic heterocycles. The maximum Gasteiger partial charge on any atom is 0.253 e. The van der Waals surface area contributed by atoms with Gasteiger partial charge in [-0.2, -0.15) is 0 Å². The van der Waals surface area contributed by atoms with Gasteiger partial charge >= 0.3 is 0 Å². The number of amides is 1. The van der Waals surface area contributed by atoms with E-state index in [1.165, 1.54) is 0 Å². The van der Waals surface area contributed by atoms with E-state index in [2.05, 4.69) is 0 Å². The molecule has 0 saturated carbocycles. The van der Waals surface area contributed by atoms with Crippen LogP contribution in [0.2, 0.25) is 5.02 Å². The number of halogens is 1. The van der Waals surface area contributed by atoms with Crippen LogP contribution in [0.4, 0.5) is 5.69 Å². The lowest BCUT2D eigenvalue weighted by atomic mass is 10.2. The van der Waals surface area contributed by atoms with Crippen LogP contribution in [0.1, 0.15) is 15.2 Å². The van der Waals surface area contributed by atoms with E-state index in [0.29, 0.717) is 22.8 Å². The van der Waals surface area contributed by atoms with Gasteiger partial charge in [0.1, 0.15) is 0 Å². The molecule has 2 aromatic rings. The summed E-state index contributed by atoms with van der Waals surface area (Å²) in [4.78, 5) is 15.0. The predicted molar refractivity (Wildman–Crippen MR) is 76.0 cm³/mol. The number of nitrogen functional groups attached to an aromatic ring is 1. The summed E-state index contributed by atoms with van der Waals surface area (Å²) in [7, 11) is 1.77. The van der Waals surface area contributed by atoms with E-state index >= 15 is 0 Å². The highest BCUT2D eigenvalue weighted by molar-refractivity contribution is 7.09. The Morgan fingerprint density at radius 2 is 2.22 bits per heavy atom. The van der Waals surface area contributed by atoms with Crippen LogP contribution in [0.3, 0.4) is 0 Å². The van der Waals surface area contributed by atoms with Gasteiger partial charge in [-0.05, 0) is 29.6 Å². The van der Waals surface area contributed by atoms with Crippen molar-refractivity contribution in [2.45, 2.75) is 6.54 Å². The first-order valence-electron chi connectivity index (χ1n) is 5.41. The Hall–Kier alpha value is -1.52. The summed E-state index contributed by atoms with van der Waals surface area (Å²) in [5.74, 6) is -0.0645. The van der Waals surface area contributed by atoms with Crippen molar-refractivity contribution >= 4 is 34.5 Å². The number of hydrogen-bond donors (Lipinski definition) is 1. The molecular weight excluding hydrogens is 268 g/mol. The molecule has 1 heterocycles. The van der Waals surface area contributed by atoms with Gasteiger partial charge in [-0.15, -0.1) is 11.3 Å². The highest BCUT2D eigenvalue weighted by atomic mass is 35.5. The summed E-state index contributed by atoms with van der Waals surface area (Å²) in [5.41, 5.74) is 6.65. The van der Waals surface area contributed by atoms with Gasteiger partial charge in [-0.3, -0.25) is 4.79 Å². The lowest BCUT2D eigenvalue weighted by Crippen LogP contribution is -2.25. The third-order valence-electron chi connectivity index (χ3n) is 2.57. The summed E-state index contributed by atoms with van der Waals surface area (Å²) in [6.45, 7) is 0.596. The summed E-state index contributed by atoms with van der Waals surface area (Å²) in [6.07, 6.45) is 0. The summed E-state index contributed by atoms with van der Waals surface area (Å²) in [6, 6.07) is 8.91. The molecule has 18 heavy (non-hydrogen) atoms. The minimum Gasteiger partial charge on any atom is -0.398 e. The van der Waals surface area contributed by atoms with E-state index in [-0.39, 0.29) is 5.91 Å². The van der Waals surface area contributed by atoms with E-state index in [4.69, 9.17) is 17.3 Å². The van der Waals surface area contributed by atoms with E-state index in [9.17, 15) is 4.79 Å². The standard InChI is InChI=1S/C13H13ClN2OS/c1-16(8-10-3-2-6-18-10)13(17)9-4-5-12(15)11(14)7-9/h2-7H,8,15H2,1H3. The number of nitrogens with two attached hydrogens (primary N) is 1. The number of carbonyl (C=O) groups excluding carboxylic acids is 1. The molecule has 1 aromatic carbocycles. The van der Waals surface area contributed by atoms with E-state index in [0.717, 1.165) is 4.88 Å². The molecule has 0 bridgehead atoms. The van der Waals surface area contributed by atoms with Crippen LogP contribution in [0, 0.1) is 0 Å². The van der Waals surface area contributed by atoms with E-state index < -0.39 is 0 Å². The van der Waals surface area contributed by atoms with Crippen LogP contribution < -0.4 is 5.73 Å². The molecule has 0 saturated heterocycles. The van der Waals surface area contributed by atoms with Gasteiger partial charge in [-0.1, -0.05) is 17.7 Å². The van der Waals surface area contributed by atoms with Gasteiger partial charge in [0.15, 0.2) is 0 Å². The number of rotatable bonds is 3.